The molecule has 2 N–H and O–H groups in total. The molecule has 1 fully saturated rings. The topological polar surface area (TPSA) is 102 Å². The molecular formula is C23H26O7S. The van der Waals surface area contributed by atoms with E-state index in [2.05, 4.69) is 0 Å². The van der Waals surface area contributed by atoms with Gasteiger partial charge in [-0.1, -0.05) is 50.2 Å². The minimum atomic E-state index is -1.38. The molecule has 1 aliphatic heterocycles. The molecule has 31 heavy (non-hydrogen) atoms. The maximum atomic E-state index is 12.5. The summed E-state index contributed by atoms with van der Waals surface area (Å²) in [6, 6.07) is 16.8. The number of esters is 2. The zero-order chi connectivity index (χ0) is 22.4. The average molecular weight is 447 g/mol. The molecule has 7 nitrogen and oxygen atoms in total. The lowest BCUT2D eigenvalue weighted by molar-refractivity contribution is -0.206. The second kappa shape index (κ2) is 10.8. The maximum absolute atomic E-state index is 12.5. The number of carbonyl (C=O) groups excluding carboxylic acids is 2. The molecule has 1 saturated heterocycles. The van der Waals surface area contributed by atoms with Crippen LogP contribution in [0.2, 0.25) is 0 Å². The number of aliphatic hydroxyl groups excluding tert-OH is 2. The fourth-order valence-corrected chi connectivity index (χ4v) is 4.20. The van der Waals surface area contributed by atoms with E-state index < -0.39 is 41.8 Å². The number of benzene rings is 2. The van der Waals surface area contributed by atoms with E-state index in [0.29, 0.717) is 11.1 Å². The third-order valence-corrected chi connectivity index (χ3v) is 5.89. The quantitative estimate of drug-likeness (QED) is 0.626. The molecule has 0 saturated carbocycles. The number of hydrogen-bond acceptors (Lipinski definition) is 8. The van der Waals surface area contributed by atoms with Gasteiger partial charge in [0.2, 0.25) is 0 Å². The minimum absolute atomic E-state index is 0.105. The lowest BCUT2D eigenvalue weighted by Gasteiger charge is -2.42. The molecule has 0 aromatic heterocycles. The van der Waals surface area contributed by atoms with Crippen LogP contribution in [0.1, 0.15) is 34.6 Å². The lowest BCUT2D eigenvalue weighted by Crippen LogP contribution is -2.59. The van der Waals surface area contributed by atoms with Crippen molar-refractivity contribution in [2.45, 2.75) is 48.9 Å². The summed E-state index contributed by atoms with van der Waals surface area (Å²) in [7, 11) is 0. The number of carbonyl (C=O) groups is 2. The number of thioether (sulfide) groups is 1. The Morgan fingerprint density at radius 1 is 0.935 bits per heavy atom. The molecule has 0 spiro atoms. The summed E-state index contributed by atoms with van der Waals surface area (Å²) in [5, 5.41) is 21.6. The van der Waals surface area contributed by atoms with Gasteiger partial charge in [-0.2, -0.15) is 0 Å². The number of hydrogen-bond donors (Lipinski definition) is 2. The largest absolute Gasteiger partial charge is 0.459 e. The standard InChI is InChI=1S/C23H26O7S/c1-14(2)31-23-19(25)20(30-22(27)16-11-7-4-8-12-16)18(24)17(29-23)13-28-21(26)15-9-5-3-6-10-15/h3-12,14,17-20,23-25H,13H2,1-2H3/t17-,18-,19-,20-,23-/m0/s1. The Hall–Kier alpha value is -2.39. The zero-order valence-electron chi connectivity index (χ0n) is 17.3. The van der Waals surface area contributed by atoms with Crippen molar-refractivity contribution in [1.29, 1.82) is 0 Å². The first-order valence-electron chi connectivity index (χ1n) is 10.0. The predicted molar refractivity (Wildman–Crippen MR) is 116 cm³/mol. The van der Waals surface area contributed by atoms with E-state index in [1.54, 1.807) is 60.7 Å². The average Bonchev–Trinajstić information content (AvgIpc) is 2.78. The van der Waals surface area contributed by atoms with Crippen molar-refractivity contribution in [3.63, 3.8) is 0 Å². The molecule has 0 aliphatic carbocycles. The van der Waals surface area contributed by atoms with Crippen LogP contribution < -0.4 is 0 Å². The van der Waals surface area contributed by atoms with Crippen molar-refractivity contribution in [3.05, 3.63) is 71.8 Å². The summed E-state index contributed by atoms with van der Waals surface area (Å²) in [4.78, 5) is 24.8. The fraction of sp³-hybridized carbons (Fsp3) is 0.391. The monoisotopic (exact) mass is 446 g/mol. The summed E-state index contributed by atoms with van der Waals surface area (Å²) in [6.07, 6.45) is -4.84. The zero-order valence-corrected chi connectivity index (χ0v) is 18.1. The van der Waals surface area contributed by atoms with Crippen LogP contribution in [0.15, 0.2) is 60.7 Å². The molecule has 8 heteroatoms. The SMILES string of the molecule is CC(C)S[C@@H]1O[C@@H](COC(=O)c2ccccc2)[C@H](O)[C@H](OC(=O)c2ccccc2)[C@@H]1O. The Morgan fingerprint density at radius 2 is 1.48 bits per heavy atom. The molecule has 3 rings (SSSR count). The van der Waals surface area contributed by atoms with Gasteiger partial charge in [0, 0.05) is 5.25 Å². The van der Waals surface area contributed by atoms with E-state index in [4.69, 9.17) is 14.2 Å². The van der Waals surface area contributed by atoms with Gasteiger partial charge in [0.05, 0.1) is 11.1 Å². The van der Waals surface area contributed by atoms with Gasteiger partial charge in [-0.25, -0.2) is 9.59 Å². The molecule has 1 heterocycles. The molecule has 2 aromatic rings. The lowest BCUT2D eigenvalue weighted by atomic mass is 10.00. The second-order valence-corrected chi connectivity index (χ2v) is 9.09. The highest BCUT2D eigenvalue weighted by molar-refractivity contribution is 8.00. The van der Waals surface area contributed by atoms with Gasteiger partial charge in [-0.05, 0) is 24.3 Å². The van der Waals surface area contributed by atoms with E-state index in [-0.39, 0.29) is 11.9 Å². The van der Waals surface area contributed by atoms with Crippen molar-refractivity contribution in [1.82, 2.24) is 0 Å². The van der Waals surface area contributed by atoms with Crippen molar-refractivity contribution < 1.29 is 34.0 Å². The van der Waals surface area contributed by atoms with E-state index >= 15 is 0 Å². The van der Waals surface area contributed by atoms with Gasteiger partial charge in [0.1, 0.15) is 30.4 Å². The first-order valence-corrected chi connectivity index (χ1v) is 11.0. The highest BCUT2D eigenvalue weighted by atomic mass is 32.2. The van der Waals surface area contributed by atoms with Gasteiger partial charge in [0.15, 0.2) is 6.10 Å². The summed E-state index contributed by atoms with van der Waals surface area (Å²) in [5.41, 5.74) is -0.0982. The minimum Gasteiger partial charge on any atom is -0.459 e. The molecule has 0 unspecified atom stereocenters. The van der Waals surface area contributed by atoms with Crippen molar-refractivity contribution in [2.24, 2.45) is 0 Å². The van der Waals surface area contributed by atoms with E-state index in [9.17, 15) is 19.8 Å². The number of aliphatic hydroxyl groups is 2. The van der Waals surface area contributed by atoms with Crippen LogP contribution in [0.3, 0.4) is 0 Å². The highest BCUT2D eigenvalue weighted by Gasteiger charge is 2.47. The third kappa shape index (κ3) is 6.07. The first-order chi connectivity index (χ1) is 14.9. The second-order valence-electron chi connectivity index (χ2n) is 7.41. The summed E-state index contributed by atoms with van der Waals surface area (Å²) in [5.74, 6) is -1.23. The van der Waals surface area contributed by atoms with E-state index in [0.717, 1.165) is 0 Å². The van der Waals surface area contributed by atoms with Crippen LogP contribution in [-0.4, -0.2) is 63.9 Å². The van der Waals surface area contributed by atoms with Crippen molar-refractivity contribution >= 4 is 23.7 Å². The molecule has 1 aliphatic rings. The van der Waals surface area contributed by atoms with Crippen molar-refractivity contribution in [2.75, 3.05) is 6.61 Å². The van der Waals surface area contributed by atoms with Gasteiger partial charge in [-0.3, -0.25) is 0 Å². The normalized spacial score (nSPS) is 25.8. The molecule has 2 aromatic carbocycles. The molecule has 166 valence electrons. The van der Waals surface area contributed by atoms with Gasteiger partial charge in [-0.15, -0.1) is 11.8 Å². The summed E-state index contributed by atoms with van der Waals surface area (Å²) in [6.45, 7) is 3.61. The molecule has 0 amide bonds. The van der Waals surface area contributed by atoms with Crippen molar-refractivity contribution in [3.8, 4) is 0 Å². The van der Waals surface area contributed by atoms with Crippen LogP contribution in [0.25, 0.3) is 0 Å². The Labute approximate surface area is 185 Å². The van der Waals surface area contributed by atoms with E-state index in [1.165, 1.54) is 11.8 Å². The number of ether oxygens (including phenoxy) is 3. The van der Waals surface area contributed by atoms with Crippen LogP contribution in [0, 0.1) is 0 Å². The Balaban J connectivity index is 1.72. The highest BCUT2D eigenvalue weighted by Crippen LogP contribution is 2.33. The van der Waals surface area contributed by atoms with Crippen LogP contribution in [0.5, 0.6) is 0 Å². The fourth-order valence-electron chi connectivity index (χ4n) is 3.14. The predicted octanol–water partition coefficient (Wildman–Crippen LogP) is 2.66. The Kier molecular flexibility index (Phi) is 8.09. The molecule has 0 bridgehead atoms. The summed E-state index contributed by atoms with van der Waals surface area (Å²) >= 11 is 1.33. The molecule has 0 radical (unpaired) electrons. The van der Waals surface area contributed by atoms with Gasteiger partial charge in [0.25, 0.3) is 0 Å². The maximum Gasteiger partial charge on any atom is 0.338 e. The molecular weight excluding hydrogens is 420 g/mol. The van der Waals surface area contributed by atoms with E-state index in [1.807, 2.05) is 13.8 Å². The van der Waals surface area contributed by atoms with Crippen LogP contribution >= 0.6 is 11.8 Å². The Morgan fingerprint density at radius 3 is 2.03 bits per heavy atom. The smallest absolute Gasteiger partial charge is 0.338 e. The first kappa shape index (κ1) is 23.3. The van der Waals surface area contributed by atoms with Gasteiger partial charge >= 0.3 is 11.9 Å². The Bertz CT molecular complexity index is 859. The van der Waals surface area contributed by atoms with Crippen LogP contribution in [-0.2, 0) is 14.2 Å². The summed E-state index contributed by atoms with van der Waals surface area (Å²) < 4.78 is 16.6. The van der Waals surface area contributed by atoms with Crippen LogP contribution in [0.4, 0.5) is 0 Å². The third-order valence-electron chi connectivity index (χ3n) is 4.69. The molecule has 5 atom stereocenters. The number of rotatable bonds is 7. The van der Waals surface area contributed by atoms with Gasteiger partial charge < -0.3 is 24.4 Å².